The number of aliphatic hydroxyl groups is 1. The third-order valence-electron chi connectivity index (χ3n) is 3.61. The fourth-order valence-corrected chi connectivity index (χ4v) is 2.09. The highest BCUT2D eigenvalue weighted by molar-refractivity contribution is 5.95. The number of anilines is 1. The van der Waals surface area contributed by atoms with Gasteiger partial charge in [-0.25, -0.2) is 9.78 Å². The molecule has 1 amide bonds. The quantitative estimate of drug-likeness (QED) is 0.411. The average molecular weight is 377 g/mol. The maximum Gasteiger partial charge on any atom is 0.331 e. The van der Waals surface area contributed by atoms with E-state index >= 15 is 0 Å². The Morgan fingerprint density at radius 1 is 1.11 bits per heavy atom. The van der Waals surface area contributed by atoms with Crippen molar-refractivity contribution in [3.8, 4) is 23.7 Å². The van der Waals surface area contributed by atoms with Crippen LogP contribution in [0.1, 0.15) is 28.5 Å². The number of benzene rings is 1. The molecule has 0 aliphatic carbocycles. The van der Waals surface area contributed by atoms with E-state index in [0.717, 1.165) is 5.56 Å². The van der Waals surface area contributed by atoms with Gasteiger partial charge in [0, 0.05) is 23.0 Å². The number of nitrogens with one attached hydrogen (secondary N) is 1. The lowest BCUT2D eigenvalue weighted by Gasteiger charge is -2.18. The van der Waals surface area contributed by atoms with Crippen LogP contribution in [0.15, 0.2) is 42.6 Å². The van der Waals surface area contributed by atoms with Gasteiger partial charge in [-0.15, -0.1) is 0 Å². The number of aliphatic hydroxyl groups excluding tert-OH is 1. The minimum absolute atomic E-state index is 0.0769. The first kappa shape index (κ1) is 20.5. The van der Waals surface area contributed by atoms with Gasteiger partial charge in [-0.05, 0) is 55.2 Å². The number of carbonyl (C=O) groups excluding carboxylic acids is 2. The zero-order valence-electron chi connectivity index (χ0n) is 15.4. The number of pyridine rings is 1. The Kier molecular flexibility index (Phi) is 7.15. The average Bonchev–Trinajstić information content (AvgIpc) is 2.70. The Labute approximate surface area is 162 Å². The van der Waals surface area contributed by atoms with Gasteiger partial charge in [0.25, 0.3) is 5.91 Å². The Morgan fingerprint density at radius 3 is 2.25 bits per heavy atom. The highest BCUT2D eigenvalue weighted by atomic mass is 16.5. The van der Waals surface area contributed by atoms with Crippen LogP contribution in [0.5, 0.6) is 0 Å². The highest BCUT2D eigenvalue weighted by Crippen LogP contribution is 2.04. The number of amides is 1. The van der Waals surface area contributed by atoms with Crippen LogP contribution in [-0.2, 0) is 9.53 Å². The van der Waals surface area contributed by atoms with E-state index in [1.54, 1.807) is 30.3 Å². The van der Waals surface area contributed by atoms with Crippen molar-refractivity contribution in [2.45, 2.75) is 19.1 Å². The molecule has 0 aliphatic heterocycles. The molecule has 142 valence electrons. The van der Waals surface area contributed by atoms with E-state index in [4.69, 9.17) is 5.73 Å². The second kappa shape index (κ2) is 9.77. The van der Waals surface area contributed by atoms with Crippen molar-refractivity contribution in [2.24, 2.45) is 0 Å². The van der Waals surface area contributed by atoms with E-state index in [1.807, 2.05) is 0 Å². The number of hydrogen-bond donors (Lipinski definition) is 3. The van der Waals surface area contributed by atoms with Crippen molar-refractivity contribution < 1.29 is 19.4 Å². The summed E-state index contributed by atoms with van der Waals surface area (Å²) in [5, 5.41) is 12.0. The Balaban J connectivity index is 2.03. The minimum atomic E-state index is -1.18. The van der Waals surface area contributed by atoms with E-state index in [1.165, 1.54) is 26.3 Å². The number of nitrogen functional groups attached to an aromatic ring is 1. The molecule has 7 nitrogen and oxygen atoms in total. The molecule has 0 saturated heterocycles. The standard InChI is InChI=1S/C21H19N3O4/c1-14(25)19(21(27)28-2)24-20(26)18-12-9-16(13-23-18)6-4-3-5-15-7-10-17(22)11-8-15/h7-14,19,25H,22H2,1-2H3,(H,24,26)/t14?,19-/m0/s1. The Hall–Kier alpha value is -3.81. The number of nitrogens with zero attached hydrogens (tertiary/aromatic N) is 1. The molecule has 0 fully saturated rings. The third-order valence-corrected chi connectivity index (χ3v) is 3.61. The first-order valence-corrected chi connectivity index (χ1v) is 8.31. The van der Waals surface area contributed by atoms with E-state index < -0.39 is 24.0 Å². The molecule has 2 rings (SSSR count). The van der Waals surface area contributed by atoms with Gasteiger partial charge in [0.1, 0.15) is 5.69 Å². The smallest absolute Gasteiger partial charge is 0.331 e. The summed E-state index contributed by atoms with van der Waals surface area (Å²) in [6.45, 7) is 1.37. The van der Waals surface area contributed by atoms with Gasteiger partial charge in [-0.3, -0.25) is 4.79 Å². The van der Waals surface area contributed by atoms with Crippen LogP contribution in [0, 0.1) is 23.7 Å². The summed E-state index contributed by atoms with van der Waals surface area (Å²) >= 11 is 0. The molecular weight excluding hydrogens is 358 g/mol. The van der Waals surface area contributed by atoms with Gasteiger partial charge < -0.3 is 20.9 Å². The molecule has 0 saturated carbocycles. The number of methoxy groups -OCH3 is 1. The van der Waals surface area contributed by atoms with Gasteiger partial charge in [0.2, 0.25) is 0 Å². The summed E-state index contributed by atoms with van der Waals surface area (Å²) in [5.74, 6) is 9.79. The zero-order valence-corrected chi connectivity index (χ0v) is 15.4. The van der Waals surface area contributed by atoms with E-state index in [2.05, 4.69) is 38.7 Å². The molecule has 1 aromatic carbocycles. The molecular formula is C21H19N3O4. The number of nitrogens with two attached hydrogens (primary N) is 1. The van der Waals surface area contributed by atoms with Crippen molar-refractivity contribution in [3.05, 3.63) is 59.4 Å². The molecule has 4 N–H and O–H groups in total. The first-order chi connectivity index (χ1) is 13.4. The predicted molar refractivity (Wildman–Crippen MR) is 104 cm³/mol. The molecule has 28 heavy (non-hydrogen) atoms. The lowest BCUT2D eigenvalue weighted by molar-refractivity contribution is -0.145. The molecule has 7 heteroatoms. The molecule has 0 aliphatic rings. The van der Waals surface area contributed by atoms with Gasteiger partial charge >= 0.3 is 5.97 Å². The SMILES string of the molecule is COC(=O)[C@@H](NC(=O)c1ccc(C#CC#Cc2ccc(N)cc2)cn1)C(C)O. The molecule has 1 aromatic heterocycles. The fraction of sp³-hybridized carbons (Fsp3) is 0.190. The maximum atomic E-state index is 12.2. The summed E-state index contributed by atoms with van der Waals surface area (Å²) in [7, 11) is 1.17. The summed E-state index contributed by atoms with van der Waals surface area (Å²) in [4.78, 5) is 27.8. The van der Waals surface area contributed by atoms with Crippen molar-refractivity contribution >= 4 is 17.6 Å². The van der Waals surface area contributed by atoms with Gasteiger partial charge in [-0.1, -0.05) is 11.8 Å². The summed E-state index contributed by atoms with van der Waals surface area (Å²) < 4.78 is 4.55. The maximum absolute atomic E-state index is 12.2. The summed E-state index contributed by atoms with van der Waals surface area (Å²) in [6, 6.07) is 9.00. The van der Waals surface area contributed by atoms with Crippen LogP contribution in [0.2, 0.25) is 0 Å². The molecule has 0 bridgehead atoms. The summed E-state index contributed by atoms with van der Waals surface area (Å²) in [5.41, 5.74) is 7.72. The Morgan fingerprint density at radius 2 is 1.71 bits per heavy atom. The van der Waals surface area contributed by atoms with Crippen LogP contribution >= 0.6 is 0 Å². The van der Waals surface area contributed by atoms with Gasteiger partial charge in [-0.2, -0.15) is 0 Å². The lowest BCUT2D eigenvalue weighted by Crippen LogP contribution is -2.48. The molecule has 0 spiro atoms. The largest absolute Gasteiger partial charge is 0.467 e. The number of carbonyl (C=O) groups is 2. The first-order valence-electron chi connectivity index (χ1n) is 8.31. The topological polar surface area (TPSA) is 115 Å². The van der Waals surface area contributed by atoms with Gasteiger partial charge in [0.15, 0.2) is 6.04 Å². The van der Waals surface area contributed by atoms with E-state index in [0.29, 0.717) is 11.3 Å². The second-order valence-corrected chi connectivity index (χ2v) is 5.77. The van der Waals surface area contributed by atoms with Gasteiger partial charge in [0.05, 0.1) is 13.2 Å². The molecule has 2 atom stereocenters. The van der Waals surface area contributed by atoms with Crippen LogP contribution < -0.4 is 11.1 Å². The van der Waals surface area contributed by atoms with Crippen LogP contribution in [-0.4, -0.2) is 41.2 Å². The number of rotatable bonds is 4. The zero-order chi connectivity index (χ0) is 20.5. The molecule has 1 heterocycles. The normalized spacial score (nSPS) is 11.7. The monoisotopic (exact) mass is 377 g/mol. The fourth-order valence-electron chi connectivity index (χ4n) is 2.09. The number of hydrogen-bond acceptors (Lipinski definition) is 6. The predicted octanol–water partition coefficient (Wildman–Crippen LogP) is 0.719. The molecule has 0 radical (unpaired) electrons. The van der Waals surface area contributed by atoms with E-state index in [9.17, 15) is 14.7 Å². The number of ether oxygens (including phenoxy) is 1. The van der Waals surface area contributed by atoms with E-state index in [-0.39, 0.29) is 5.69 Å². The van der Waals surface area contributed by atoms with Crippen LogP contribution in [0.4, 0.5) is 5.69 Å². The van der Waals surface area contributed by atoms with Crippen molar-refractivity contribution in [2.75, 3.05) is 12.8 Å². The van der Waals surface area contributed by atoms with Crippen molar-refractivity contribution in [1.29, 1.82) is 0 Å². The Bertz CT molecular complexity index is 959. The molecule has 2 aromatic rings. The van der Waals surface area contributed by atoms with Crippen molar-refractivity contribution in [1.82, 2.24) is 10.3 Å². The third kappa shape index (κ3) is 5.87. The van der Waals surface area contributed by atoms with Crippen LogP contribution in [0.25, 0.3) is 0 Å². The van der Waals surface area contributed by atoms with Crippen molar-refractivity contribution in [3.63, 3.8) is 0 Å². The number of aromatic nitrogens is 1. The minimum Gasteiger partial charge on any atom is -0.467 e. The molecule has 1 unspecified atom stereocenters. The van der Waals surface area contributed by atoms with Crippen LogP contribution in [0.3, 0.4) is 0 Å². The second-order valence-electron chi connectivity index (χ2n) is 5.77. The highest BCUT2D eigenvalue weighted by Gasteiger charge is 2.27. The summed E-state index contributed by atoms with van der Waals surface area (Å²) in [6.07, 6.45) is 0.309. The lowest BCUT2D eigenvalue weighted by atomic mass is 10.1. The number of esters is 1.